The van der Waals surface area contributed by atoms with E-state index in [0.29, 0.717) is 23.2 Å². The normalized spacial score (nSPS) is 24.6. The van der Waals surface area contributed by atoms with Crippen LogP contribution in [0.15, 0.2) is 34.9 Å². The van der Waals surface area contributed by atoms with E-state index in [2.05, 4.69) is 27.4 Å². The number of nitrogens with zero attached hydrogens (tertiary/aromatic N) is 4. The van der Waals surface area contributed by atoms with Crippen molar-refractivity contribution >= 4 is 17.7 Å². The first-order valence-electron chi connectivity index (χ1n) is 8.42. The van der Waals surface area contributed by atoms with Crippen LogP contribution in [0.5, 0.6) is 0 Å². The van der Waals surface area contributed by atoms with Crippen LogP contribution in [0.3, 0.4) is 0 Å². The molecule has 0 saturated carbocycles. The topological polar surface area (TPSA) is 74.5 Å². The van der Waals surface area contributed by atoms with Crippen LogP contribution in [0.4, 0.5) is 0 Å². The quantitative estimate of drug-likeness (QED) is 0.891. The summed E-state index contributed by atoms with van der Waals surface area (Å²) < 4.78 is 5.54. The highest BCUT2D eigenvalue weighted by Gasteiger charge is 2.36. The Bertz CT molecular complexity index is 738. The second-order valence-electron chi connectivity index (χ2n) is 6.35. The molecule has 2 aliphatic rings. The van der Waals surface area contributed by atoms with E-state index < -0.39 is 0 Å². The summed E-state index contributed by atoms with van der Waals surface area (Å²) in [6.45, 7) is 2.73. The number of nitrogens with one attached hydrogen (secondary N) is 1. The van der Waals surface area contributed by atoms with Gasteiger partial charge in [0, 0.05) is 31.0 Å². The van der Waals surface area contributed by atoms with E-state index in [-0.39, 0.29) is 18.0 Å². The molecule has 8 heteroatoms. The van der Waals surface area contributed by atoms with Gasteiger partial charge in [-0.1, -0.05) is 23.4 Å². The van der Waals surface area contributed by atoms with E-state index in [1.807, 2.05) is 35.2 Å². The van der Waals surface area contributed by atoms with Crippen LogP contribution in [-0.4, -0.2) is 64.2 Å². The predicted octanol–water partition coefficient (Wildman–Crippen LogP) is 1.53. The number of aromatic nitrogens is 2. The third-order valence-corrected chi connectivity index (χ3v) is 5.73. The molecule has 2 atom stereocenters. The van der Waals surface area contributed by atoms with Crippen molar-refractivity contribution in [3.63, 3.8) is 0 Å². The van der Waals surface area contributed by atoms with Gasteiger partial charge in [-0.2, -0.15) is 4.98 Å². The number of likely N-dealkylation sites (N-methyl/N-ethyl adjacent to an activating group) is 1. The Balaban J connectivity index is 1.54. The lowest BCUT2D eigenvalue weighted by Gasteiger charge is -2.30. The van der Waals surface area contributed by atoms with Crippen LogP contribution in [-0.2, 0) is 0 Å². The minimum atomic E-state index is -0.166. The van der Waals surface area contributed by atoms with Crippen LogP contribution >= 0.6 is 11.8 Å². The molecule has 2 unspecified atom stereocenters. The number of amides is 1. The summed E-state index contributed by atoms with van der Waals surface area (Å²) >= 11 is 1.71. The standard InChI is InChI=1S/C17H21N5O2S/c1-21-8-7-18-9-13(21)15-19-16(24-20-15)14-10-25-11-22(14)17(23)12-5-3-2-4-6-12/h2-6,13-14,18H,7-11H2,1H3. The van der Waals surface area contributed by atoms with E-state index in [0.717, 1.165) is 25.4 Å². The molecule has 25 heavy (non-hydrogen) atoms. The number of hydrogen-bond acceptors (Lipinski definition) is 7. The van der Waals surface area contributed by atoms with Gasteiger partial charge in [-0.05, 0) is 19.2 Å². The zero-order chi connectivity index (χ0) is 17.2. The van der Waals surface area contributed by atoms with Crippen molar-refractivity contribution in [1.82, 2.24) is 25.3 Å². The van der Waals surface area contributed by atoms with Crippen molar-refractivity contribution in [2.75, 3.05) is 38.3 Å². The molecular formula is C17H21N5O2S. The summed E-state index contributed by atoms with van der Waals surface area (Å²) in [5.74, 6) is 2.64. The molecule has 1 N–H and O–H groups in total. The molecule has 4 rings (SSSR count). The van der Waals surface area contributed by atoms with Crippen LogP contribution in [0.2, 0.25) is 0 Å². The second kappa shape index (κ2) is 7.15. The Kier molecular flexibility index (Phi) is 4.74. The van der Waals surface area contributed by atoms with Gasteiger partial charge in [0.2, 0.25) is 5.89 Å². The largest absolute Gasteiger partial charge is 0.337 e. The molecule has 3 heterocycles. The molecular weight excluding hydrogens is 338 g/mol. The summed E-state index contributed by atoms with van der Waals surface area (Å²) in [4.78, 5) is 21.5. The fourth-order valence-corrected chi connectivity index (χ4v) is 4.35. The van der Waals surface area contributed by atoms with Crippen molar-refractivity contribution < 1.29 is 9.32 Å². The van der Waals surface area contributed by atoms with Gasteiger partial charge < -0.3 is 14.7 Å². The molecule has 7 nitrogen and oxygen atoms in total. The molecule has 0 aliphatic carbocycles. The van der Waals surface area contributed by atoms with Gasteiger partial charge in [0.1, 0.15) is 6.04 Å². The lowest BCUT2D eigenvalue weighted by molar-refractivity contribution is 0.0722. The molecule has 1 aromatic heterocycles. The van der Waals surface area contributed by atoms with E-state index in [9.17, 15) is 4.79 Å². The van der Waals surface area contributed by atoms with Crippen LogP contribution in [0, 0.1) is 0 Å². The van der Waals surface area contributed by atoms with Crippen LogP contribution < -0.4 is 5.32 Å². The molecule has 0 radical (unpaired) electrons. The van der Waals surface area contributed by atoms with E-state index >= 15 is 0 Å². The summed E-state index contributed by atoms with van der Waals surface area (Å²) in [6.07, 6.45) is 0. The Morgan fingerprint density at radius 2 is 2.16 bits per heavy atom. The summed E-state index contributed by atoms with van der Waals surface area (Å²) in [5.41, 5.74) is 0.686. The highest BCUT2D eigenvalue weighted by atomic mass is 32.2. The summed E-state index contributed by atoms with van der Waals surface area (Å²) in [5, 5.41) is 7.55. The number of piperazine rings is 1. The Morgan fingerprint density at radius 3 is 2.96 bits per heavy atom. The first-order valence-corrected chi connectivity index (χ1v) is 9.58. The third kappa shape index (κ3) is 3.29. The first-order chi connectivity index (χ1) is 12.2. The summed E-state index contributed by atoms with van der Waals surface area (Å²) in [6, 6.07) is 9.28. The Labute approximate surface area is 150 Å². The second-order valence-corrected chi connectivity index (χ2v) is 7.35. The number of carbonyl (C=O) groups excluding carboxylic acids is 1. The molecule has 2 aromatic rings. The minimum absolute atomic E-state index is 0.00630. The van der Waals surface area contributed by atoms with E-state index in [4.69, 9.17) is 4.52 Å². The van der Waals surface area contributed by atoms with Crippen molar-refractivity contribution in [2.24, 2.45) is 0 Å². The van der Waals surface area contributed by atoms with Crippen LogP contribution in [0.1, 0.15) is 34.2 Å². The summed E-state index contributed by atoms with van der Waals surface area (Å²) in [7, 11) is 2.07. The maximum absolute atomic E-state index is 12.8. The van der Waals surface area contributed by atoms with Gasteiger partial charge in [0.05, 0.1) is 11.9 Å². The molecule has 132 valence electrons. The lowest BCUT2D eigenvalue weighted by Crippen LogP contribution is -2.44. The Hall–Kier alpha value is -1.90. The number of rotatable bonds is 3. The molecule has 2 saturated heterocycles. The predicted molar refractivity (Wildman–Crippen MR) is 95.2 cm³/mol. The first kappa shape index (κ1) is 16.6. The number of hydrogen-bond donors (Lipinski definition) is 1. The van der Waals surface area contributed by atoms with Gasteiger partial charge in [0.25, 0.3) is 5.91 Å². The molecule has 2 aliphatic heterocycles. The zero-order valence-corrected chi connectivity index (χ0v) is 14.9. The Morgan fingerprint density at radius 1 is 1.32 bits per heavy atom. The van der Waals surface area contributed by atoms with Crippen LogP contribution in [0.25, 0.3) is 0 Å². The average molecular weight is 359 g/mol. The van der Waals surface area contributed by atoms with Gasteiger partial charge in [-0.25, -0.2) is 0 Å². The third-order valence-electron chi connectivity index (χ3n) is 4.72. The molecule has 2 fully saturated rings. The van der Waals surface area contributed by atoms with Crippen molar-refractivity contribution in [3.05, 3.63) is 47.6 Å². The van der Waals surface area contributed by atoms with Gasteiger partial charge in [-0.3, -0.25) is 9.69 Å². The smallest absolute Gasteiger partial charge is 0.255 e. The highest BCUT2D eigenvalue weighted by molar-refractivity contribution is 7.99. The maximum Gasteiger partial charge on any atom is 0.255 e. The molecule has 1 aromatic carbocycles. The van der Waals surface area contributed by atoms with E-state index in [1.54, 1.807) is 11.8 Å². The van der Waals surface area contributed by atoms with Gasteiger partial charge >= 0.3 is 0 Å². The maximum atomic E-state index is 12.8. The number of carbonyl (C=O) groups is 1. The van der Waals surface area contributed by atoms with E-state index in [1.165, 1.54) is 0 Å². The van der Waals surface area contributed by atoms with Gasteiger partial charge in [0.15, 0.2) is 5.82 Å². The monoisotopic (exact) mass is 359 g/mol. The highest BCUT2D eigenvalue weighted by Crippen LogP contribution is 2.34. The number of thioether (sulfide) groups is 1. The number of benzene rings is 1. The van der Waals surface area contributed by atoms with Crippen molar-refractivity contribution in [3.8, 4) is 0 Å². The molecule has 0 spiro atoms. The zero-order valence-electron chi connectivity index (χ0n) is 14.1. The van der Waals surface area contributed by atoms with Crippen molar-refractivity contribution in [1.29, 1.82) is 0 Å². The minimum Gasteiger partial charge on any atom is -0.337 e. The molecule has 0 bridgehead atoms. The fraction of sp³-hybridized carbons (Fsp3) is 0.471. The SMILES string of the molecule is CN1CCNCC1c1noc(C2CSCN2C(=O)c2ccccc2)n1. The average Bonchev–Trinajstić information content (AvgIpc) is 3.31. The van der Waals surface area contributed by atoms with Crippen molar-refractivity contribution in [2.45, 2.75) is 12.1 Å². The molecule has 1 amide bonds. The van der Waals surface area contributed by atoms with Gasteiger partial charge in [-0.15, -0.1) is 11.8 Å². The lowest BCUT2D eigenvalue weighted by atomic mass is 10.1. The fourth-order valence-electron chi connectivity index (χ4n) is 3.21.